The van der Waals surface area contributed by atoms with Gasteiger partial charge in [-0.15, -0.1) is 0 Å². The molecule has 92 valence electrons. The maximum absolute atomic E-state index is 5.78. The van der Waals surface area contributed by atoms with Gasteiger partial charge in [0.2, 0.25) is 0 Å². The summed E-state index contributed by atoms with van der Waals surface area (Å²) < 4.78 is 5.78. The van der Waals surface area contributed by atoms with Crippen molar-refractivity contribution in [3.63, 3.8) is 0 Å². The van der Waals surface area contributed by atoms with E-state index in [0.717, 1.165) is 18.2 Å². The molecule has 1 aromatic carbocycles. The van der Waals surface area contributed by atoms with Crippen molar-refractivity contribution in [1.82, 2.24) is 5.32 Å². The molecule has 0 amide bonds. The fraction of sp³-hybridized carbons (Fsp3) is 0.600. The van der Waals surface area contributed by atoms with Gasteiger partial charge in [-0.3, -0.25) is 0 Å². The Balaban J connectivity index is 1.69. The summed E-state index contributed by atoms with van der Waals surface area (Å²) in [5.74, 6) is 2.48. The Bertz CT molecular complexity index is 369. The number of piperidine rings is 1. The Morgan fingerprint density at radius 2 is 1.88 bits per heavy atom. The average Bonchev–Trinajstić information content (AvgIpc) is 3.15. The molecule has 2 fully saturated rings. The second kappa shape index (κ2) is 4.69. The van der Waals surface area contributed by atoms with Crippen molar-refractivity contribution < 1.29 is 4.74 Å². The summed E-state index contributed by atoms with van der Waals surface area (Å²) in [4.78, 5) is 0. The third-order valence-electron chi connectivity index (χ3n) is 3.96. The topological polar surface area (TPSA) is 21.3 Å². The molecule has 2 aliphatic rings. The third kappa shape index (κ3) is 2.63. The minimum atomic E-state index is 0.496. The molecule has 2 atom stereocenters. The molecule has 3 rings (SSSR count). The molecule has 0 bridgehead atoms. The second-order valence-corrected chi connectivity index (χ2v) is 5.46. The van der Waals surface area contributed by atoms with E-state index in [4.69, 9.17) is 4.74 Å². The van der Waals surface area contributed by atoms with E-state index in [1.807, 2.05) is 0 Å². The predicted molar refractivity (Wildman–Crippen MR) is 69.5 cm³/mol. The summed E-state index contributed by atoms with van der Waals surface area (Å²) >= 11 is 0. The molecular formula is C15H21NO. The summed E-state index contributed by atoms with van der Waals surface area (Å²) in [5, 5.41) is 3.49. The lowest BCUT2D eigenvalue weighted by Gasteiger charge is -2.30. The minimum Gasteiger partial charge on any atom is -0.490 e. The molecule has 1 heterocycles. The summed E-state index contributed by atoms with van der Waals surface area (Å²) in [6.07, 6.45) is 4.23. The Hall–Kier alpha value is -1.02. The molecule has 1 saturated carbocycles. The fourth-order valence-corrected chi connectivity index (χ4v) is 2.61. The predicted octanol–water partition coefficient (Wildman–Crippen LogP) is 2.94. The zero-order valence-electron chi connectivity index (χ0n) is 10.5. The zero-order chi connectivity index (χ0) is 11.7. The maximum atomic E-state index is 5.78. The van der Waals surface area contributed by atoms with Crippen LogP contribution in [0.3, 0.4) is 0 Å². The number of nitrogens with one attached hydrogen (secondary N) is 1. The first-order valence-corrected chi connectivity index (χ1v) is 6.80. The molecule has 2 heteroatoms. The highest BCUT2D eigenvalue weighted by atomic mass is 16.5. The zero-order valence-corrected chi connectivity index (χ0v) is 10.5. The summed E-state index contributed by atoms with van der Waals surface area (Å²) in [6, 6.07) is 8.75. The number of rotatable bonds is 3. The van der Waals surface area contributed by atoms with E-state index in [2.05, 4.69) is 36.5 Å². The molecule has 2 unspecified atom stereocenters. The van der Waals surface area contributed by atoms with Gasteiger partial charge in [0.15, 0.2) is 0 Å². The number of benzene rings is 1. The molecule has 0 radical (unpaired) electrons. The van der Waals surface area contributed by atoms with E-state index in [1.165, 1.54) is 31.4 Å². The van der Waals surface area contributed by atoms with Gasteiger partial charge < -0.3 is 10.1 Å². The van der Waals surface area contributed by atoms with Gasteiger partial charge in [0.25, 0.3) is 0 Å². The molecule has 1 aliphatic heterocycles. The molecule has 0 spiro atoms. The first kappa shape index (κ1) is 11.1. The lowest BCUT2D eigenvalue weighted by molar-refractivity contribution is 0.302. The van der Waals surface area contributed by atoms with Crippen LogP contribution < -0.4 is 10.1 Å². The van der Waals surface area contributed by atoms with E-state index in [0.29, 0.717) is 12.0 Å². The van der Waals surface area contributed by atoms with Gasteiger partial charge in [0.05, 0.1) is 6.10 Å². The van der Waals surface area contributed by atoms with Gasteiger partial charge in [0, 0.05) is 6.54 Å². The molecule has 17 heavy (non-hydrogen) atoms. The van der Waals surface area contributed by atoms with Crippen LogP contribution in [0.4, 0.5) is 0 Å². The molecule has 0 aromatic heterocycles. The number of ether oxygens (including phenoxy) is 1. The monoisotopic (exact) mass is 231 g/mol. The smallest absolute Gasteiger partial charge is 0.119 e. The Kier molecular flexibility index (Phi) is 3.06. The normalized spacial score (nSPS) is 29.0. The van der Waals surface area contributed by atoms with Gasteiger partial charge in [-0.05, 0) is 55.3 Å². The van der Waals surface area contributed by atoms with Crippen LogP contribution in [0.5, 0.6) is 5.75 Å². The molecule has 1 saturated heterocycles. The van der Waals surface area contributed by atoms with Crippen LogP contribution in [0.1, 0.15) is 37.7 Å². The summed E-state index contributed by atoms with van der Waals surface area (Å²) in [6.45, 7) is 4.64. The van der Waals surface area contributed by atoms with Crippen molar-refractivity contribution in [2.45, 2.75) is 38.2 Å². The highest BCUT2D eigenvalue weighted by molar-refractivity contribution is 5.30. The van der Waals surface area contributed by atoms with Crippen LogP contribution in [0.2, 0.25) is 0 Å². The van der Waals surface area contributed by atoms with Crippen LogP contribution >= 0.6 is 0 Å². The average molecular weight is 231 g/mol. The molecule has 1 aromatic rings. The van der Waals surface area contributed by atoms with Crippen LogP contribution in [-0.2, 0) is 0 Å². The van der Waals surface area contributed by atoms with Gasteiger partial charge in [-0.25, -0.2) is 0 Å². The highest BCUT2D eigenvalue weighted by Crippen LogP contribution is 2.31. The van der Waals surface area contributed by atoms with Crippen molar-refractivity contribution in [3.8, 4) is 5.75 Å². The van der Waals surface area contributed by atoms with Crippen LogP contribution in [-0.4, -0.2) is 19.2 Å². The Morgan fingerprint density at radius 3 is 2.53 bits per heavy atom. The van der Waals surface area contributed by atoms with Crippen molar-refractivity contribution in [2.75, 3.05) is 13.1 Å². The molecule has 2 nitrogen and oxygen atoms in total. The SMILES string of the molecule is CC1CCNCC1c1ccc(OC2CC2)cc1. The quantitative estimate of drug-likeness (QED) is 0.863. The van der Waals surface area contributed by atoms with E-state index >= 15 is 0 Å². The summed E-state index contributed by atoms with van der Waals surface area (Å²) in [7, 11) is 0. The number of hydrogen-bond acceptors (Lipinski definition) is 2. The highest BCUT2D eigenvalue weighted by Gasteiger charge is 2.24. The second-order valence-electron chi connectivity index (χ2n) is 5.46. The van der Waals surface area contributed by atoms with Gasteiger partial charge >= 0.3 is 0 Å². The maximum Gasteiger partial charge on any atom is 0.119 e. The lowest BCUT2D eigenvalue weighted by Crippen LogP contribution is -2.33. The molecule has 1 N–H and O–H groups in total. The van der Waals surface area contributed by atoms with Gasteiger partial charge in [-0.1, -0.05) is 19.1 Å². The van der Waals surface area contributed by atoms with E-state index in [-0.39, 0.29) is 0 Å². The number of hydrogen-bond donors (Lipinski definition) is 1. The Labute approximate surface area is 103 Å². The van der Waals surface area contributed by atoms with Crippen molar-refractivity contribution in [1.29, 1.82) is 0 Å². The van der Waals surface area contributed by atoms with E-state index < -0.39 is 0 Å². The largest absolute Gasteiger partial charge is 0.490 e. The van der Waals surface area contributed by atoms with Gasteiger partial charge in [0.1, 0.15) is 5.75 Å². The van der Waals surface area contributed by atoms with E-state index in [9.17, 15) is 0 Å². The molecular weight excluding hydrogens is 210 g/mol. The first-order valence-electron chi connectivity index (χ1n) is 6.80. The van der Waals surface area contributed by atoms with Crippen LogP contribution in [0.25, 0.3) is 0 Å². The summed E-state index contributed by atoms with van der Waals surface area (Å²) in [5.41, 5.74) is 1.45. The van der Waals surface area contributed by atoms with E-state index in [1.54, 1.807) is 0 Å². The first-order chi connectivity index (χ1) is 8.33. The van der Waals surface area contributed by atoms with Crippen molar-refractivity contribution in [3.05, 3.63) is 29.8 Å². The standard InChI is InChI=1S/C15H21NO/c1-11-8-9-16-10-15(11)12-2-4-13(5-3-12)17-14-6-7-14/h2-5,11,14-16H,6-10H2,1H3. The van der Waals surface area contributed by atoms with Gasteiger partial charge in [-0.2, -0.15) is 0 Å². The lowest BCUT2D eigenvalue weighted by atomic mass is 9.83. The van der Waals surface area contributed by atoms with Crippen LogP contribution in [0, 0.1) is 5.92 Å². The van der Waals surface area contributed by atoms with Crippen molar-refractivity contribution >= 4 is 0 Å². The Morgan fingerprint density at radius 1 is 1.12 bits per heavy atom. The van der Waals surface area contributed by atoms with Crippen molar-refractivity contribution in [2.24, 2.45) is 5.92 Å². The third-order valence-corrected chi connectivity index (χ3v) is 3.96. The fourth-order valence-electron chi connectivity index (χ4n) is 2.61. The minimum absolute atomic E-state index is 0.496. The molecule has 1 aliphatic carbocycles. The van der Waals surface area contributed by atoms with Crippen LogP contribution in [0.15, 0.2) is 24.3 Å².